The molecule has 2 aromatic rings. The summed E-state index contributed by atoms with van der Waals surface area (Å²) < 4.78 is 29.9. The van der Waals surface area contributed by atoms with Gasteiger partial charge in [0.05, 0.1) is 22.8 Å². The zero-order chi connectivity index (χ0) is 39.5. The van der Waals surface area contributed by atoms with Gasteiger partial charge in [-0.05, 0) is 87.6 Å². The smallest absolute Gasteiger partial charge is 0.287 e. The Hall–Kier alpha value is -4.00. The molecule has 3 heterocycles. The zero-order valence-electron chi connectivity index (χ0n) is 31.2. The number of rotatable bonds is 13. The van der Waals surface area contributed by atoms with Crippen molar-refractivity contribution in [1.82, 2.24) is 29.9 Å². The van der Waals surface area contributed by atoms with E-state index in [1.807, 2.05) is 0 Å². The minimum atomic E-state index is -3.78. The predicted molar refractivity (Wildman–Crippen MR) is 203 cm³/mol. The first kappa shape index (κ1) is 40.7. The minimum Gasteiger partial charge on any atom is -0.384 e. The van der Waals surface area contributed by atoms with Gasteiger partial charge in [-0.15, -0.1) is 5.10 Å². The quantitative estimate of drug-likeness (QED) is 0.169. The van der Waals surface area contributed by atoms with E-state index >= 15 is 0 Å². The molecule has 1 aromatic heterocycles. The number of ketones is 1. The number of hydrogen-bond acceptors (Lipinski definition) is 11. The van der Waals surface area contributed by atoms with E-state index in [1.54, 1.807) is 25.6 Å². The number of aromatic nitrogens is 3. The van der Waals surface area contributed by atoms with Crippen molar-refractivity contribution < 1.29 is 37.5 Å². The molecule has 0 radical (unpaired) electrons. The number of nitrogens with two attached hydrogens (primary N) is 1. The summed E-state index contributed by atoms with van der Waals surface area (Å²) >= 11 is 1.58. The second kappa shape index (κ2) is 16.6. The minimum absolute atomic E-state index is 0.0121. The Kier molecular flexibility index (Phi) is 12.3. The van der Waals surface area contributed by atoms with Crippen LogP contribution in [0.25, 0.3) is 0 Å². The van der Waals surface area contributed by atoms with Crippen molar-refractivity contribution in [1.29, 1.82) is 0 Å². The molecule has 4 fully saturated rings. The van der Waals surface area contributed by atoms with Crippen LogP contribution in [0.5, 0.6) is 0 Å². The number of primary amides is 1. The van der Waals surface area contributed by atoms with E-state index in [1.165, 1.54) is 40.0 Å². The third-order valence-electron chi connectivity index (χ3n) is 11.3. The highest BCUT2D eigenvalue weighted by molar-refractivity contribution is 7.99. The number of thioether (sulfide) groups is 1. The van der Waals surface area contributed by atoms with Gasteiger partial charge in [-0.2, -0.15) is 11.8 Å². The maximum atomic E-state index is 14.8. The molecule has 2 aliphatic heterocycles. The Morgan fingerprint density at radius 1 is 1.02 bits per heavy atom. The number of aliphatic imine (C=N–C) groups is 1. The van der Waals surface area contributed by atoms with E-state index in [0.717, 1.165) is 51.4 Å². The van der Waals surface area contributed by atoms with Crippen LogP contribution in [-0.4, -0.2) is 104 Å². The number of hydrogen-bond donors (Lipinski definition) is 4. The van der Waals surface area contributed by atoms with Gasteiger partial charge in [-0.1, -0.05) is 43.7 Å². The van der Waals surface area contributed by atoms with Gasteiger partial charge >= 0.3 is 0 Å². The molecule has 16 nitrogen and oxygen atoms in total. The van der Waals surface area contributed by atoms with Gasteiger partial charge in [0.25, 0.3) is 17.7 Å². The van der Waals surface area contributed by atoms with Crippen molar-refractivity contribution in [2.45, 2.75) is 125 Å². The van der Waals surface area contributed by atoms with Crippen molar-refractivity contribution in [2.75, 3.05) is 18.1 Å². The molecule has 2 saturated carbocycles. The fourth-order valence-corrected chi connectivity index (χ4v) is 10.4. The van der Waals surface area contributed by atoms with Crippen molar-refractivity contribution >= 4 is 56.9 Å². The summed E-state index contributed by atoms with van der Waals surface area (Å²) in [6, 6.07) is 3.49. The number of sulfonamides is 1. The maximum Gasteiger partial charge on any atom is 0.287 e. The Morgan fingerprint density at radius 2 is 1.69 bits per heavy atom. The van der Waals surface area contributed by atoms with Gasteiger partial charge in [0.1, 0.15) is 22.9 Å². The zero-order valence-corrected chi connectivity index (χ0v) is 32.9. The molecule has 55 heavy (non-hydrogen) atoms. The molecule has 4 amide bonds. The maximum absolute atomic E-state index is 14.8. The Labute approximate surface area is 324 Å². The van der Waals surface area contributed by atoms with E-state index in [9.17, 15) is 37.5 Å². The molecule has 2 saturated heterocycles. The summed E-state index contributed by atoms with van der Waals surface area (Å²) in [5.41, 5.74) is 2.95. The third kappa shape index (κ3) is 9.18. The first-order valence-electron chi connectivity index (χ1n) is 19.0. The van der Waals surface area contributed by atoms with Gasteiger partial charge in [-0.3, -0.25) is 24.0 Å². The number of Topliss-reactive ketones (excluding diaryl/α,β-unsaturated/α-hetero) is 1. The molecular formula is C37H50N8O8S2. The molecule has 0 bridgehead atoms. The second-order valence-corrected chi connectivity index (χ2v) is 18.6. The first-order valence-corrected chi connectivity index (χ1v) is 21.6. The van der Waals surface area contributed by atoms with E-state index < -0.39 is 62.7 Å². The van der Waals surface area contributed by atoms with E-state index in [-0.39, 0.29) is 60.4 Å². The summed E-state index contributed by atoms with van der Waals surface area (Å²) in [6.07, 6.45) is 9.12. The van der Waals surface area contributed by atoms with Crippen LogP contribution in [0, 0.1) is 5.92 Å². The lowest BCUT2D eigenvalue weighted by Crippen LogP contribution is -2.63. The van der Waals surface area contributed by atoms with Crippen LogP contribution in [-0.2, 0) is 34.8 Å². The third-order valence-corrected chi connectivity index (χ3v) is 13.8. The van der Waals surface area contributed by atoms with Crippen LogP contribution in [0.4, 0.5) is 0 Å². The monoisotopic (exact) mass is 798 g/mol. The van der Waals surface area contributed by atoms with Crippen molar-refractivity contribution in [3.63, 3.8) is 0 Å². The number of benzene rings is 1. The number of likely N-dealkylation sites (tertiary alicyclic amines) is 1. The number of aliphatic hydroxyl groups is 1. The highest BCUT2D eigenvalue weighted by Gasteiger charge is 2.49. The van der Waals surface area contributed by atoms with E-state index in [2.05, 4.69) is 25.3 Å². The summed E-state index contributed by atoms with van der Waals surface area (Å²) in [5, 5.41) is 21.9. The molecule has 6 rings (SSSR count). The molecule has 2 atom stereocenters. The van der Waals surface area contributed by atoms with Gasteiger partial charge in [-0.25, -0.2) is 22.8 Å². The highest BCUT2D eigenvalue weighted by Crippen LogP contribution is 2.35. The lowest BCUT2D eigenvalue weighted by Gasteiger charge is -2.37. The summed E-state index contributed by atoms with van der Waals surface area (Å²) in [4.78, 5) is 73.9. The Bertz CT molecular complexity index is 1930. The van der Waals surface area contributed by atoms with Crippen molar-refractivity contribution in [3.8, 4) is 0 Å². The van der Waals surface area contributed by atoms with Crippen LogP contribution < -0.4 is 15.8 Å². The van der Waals surface area contributed by atoms with E-state index in [0.29, 0.717) is 17.2 Å². The molecule has 0 unspecified atom stereocenters. The lowest BCUT2D eigenvalue weighted by molar-refractivity contribution is -0.143. The molecule has 5 N–H and O–H groups in total. The predicted octanol–water partition coefficient (Wildman–Crippen LogP) is 2.17. The Morgan fingerprint density at radius 3 is 2.29 bits per heavy atom. The molecule has 298 valence electrons. The summed E-state index contributed by atoms with van der Waals surface area (Å²) in [5.74, 6) is -3.05. The van der Waals surface area contributed by atoms with Crippen LogP contribution in [0.1, 0.15) is 113 Å². The molecule has 2 aliphatic carbocycles. The topological polar surface area (TPSA) is 236 Å². The summed E-state index contributed by atoms with van der Waals surface area (Å²) in [7, 11) is -3.78. The van der Waals surface area contributed by atoms with Crippen molar-refractivity contribution in [2.24, 2.45) is 16.6 Å². The molecule has 1 aromatic carbocycles. The highest BCUT2D eigenvalue weighted by atomic mass is 32.2. The molecular weight excluding hydrogens is 749 g/mol. The van der Waals surface area contributed by atoms with Crippen LogP contribution in [0.15, 0.2) is 40.4 Å². The van der Waals surface area contributed by atoms with Crippen LogP contribution >= 0.6 is 11.8 Å². The Balaban J connectivity index is 1.33. The van der Waals surface area contributed by atoms with Crippen molar-refractivity contribution in [3.05, 3.63) is 41.7 Å². The first-order chi connectivity index (χ1) is 26.1. The second-order valence-electron chi connectivity index (χ2n) is 15.7. The summed E-state index contributed by atoms with van der Waals surface area (Å²) in [6.45, 7) is 3.07. The largest absolute Gasteiger partial charge is 0.384 e. The molecule has 18 heteroatoms. The van der Waals surface area contributed by atoms with Gasteiger partial charge in [0, 0.05) is 24.6 Å². The number of nitrogens with zero attached hydrogens (tertiary/aromatic N) is 5. The molecule has 0 spiro atoms. The number of carbonyl (C=O) groups excluding carboxylic acids is 5. The normalized spacial score (nSPS) is 22.5. The van der Waals surface area contributed by atoms with Gasteiger partial charge < -0.3 is 21.1 Å². The van der Waals surface area contributed by atoms with Gasteiger partial charge in [0.2, 0.25) is 21.7 Å². The van der Waals surface area contributed by atoms with E-state index in [4.69, 9.17) is 5.73 Å². The number of carbonyl (C=O) groups is 5. The fourth-order valence-electron chi connectivity index (χ4n) is 7.89. The SMILES string of the molecule is CC(C)(O)c1cnnn1[C@H]1C[C@@H](C(=O)NC2(C(=O)C(N)=O)CCSCC2)N(C(=O)C(CC2CCCCC2)=NC(=O)c2ccc(S(=O)(=O)NC3CCC3)cc2)C1. The number of amides is 4. The number of nitrogens with one attached hydrogen (secondary N) is 2. The average Bonchev–Trinajstić information content (AvgIpc) is 3.82. The average molecular weight is 799 g/mol. The lowest BCUT2D eigenvalue weighted by atomic mass is 9.85. The standard InChI is InChI=1S/C37H50N8O8S2/c1-36(2,51)30-21-39-43-45(30)26-20-29(34(49)41-37(31(46)32(38)47)15-17-54-18-16-37)44(22-26)35(50)28(19-23-7-4-3-5-8-23)40-33(48)24-11-13-27(14-12-24)55(52,53)42-25-9-6-10-25/h11-14,21,23,25-26,29,42,51H,3-10,15-20,22H2,1-2H3,(H2,38,47)(H,41,49)/t26-,29-/m0/s1. The van der Waals surface area contributed by atoms with Gasteiger partial charge in [0.15, 0.2) is 0 Å². The van der Waals surface area contributed by atoms with Crippen LogP contribution in [0.2, 0.25) is 0 Å². The van der Waals surface area contributed by atoms with Crippen LogP contribution in [0.3, 0.4) is 0 Å². The molecule has 4 aliphatic rings. The fraction of sp³-hybridized carbons (Fsp3) is 0.622.